The van der Waals surface area contributed by atoms with Crippen molar-refractivity contribution in [1.82, 2.24) is 5.32 Å². The van der Waals surface area contributed by atoms with E-state index in [1.165, 1.54) is 0 Å². The van der Waals surface area contributed by atoms with E-state index in [4.69, 9.17) is 0 Å². The predicted molar refractivity (Wildman–Crippen MR) is 80.6 cm³/mol. The Labute approximate surface area is 120 Å². The molecule has 1 saturated carbocycles. The molecule has 0 radical (unpaired) electrons. The molecule has 0 aliphatic heterocycles. The maximum Gasteiger partial charge on any atom is 0.269 e. The summed E-state index contributed by atoms with van der Waals surface area (Å²) in [6.07, 6.45) is 0.920. The van der Waals surface area contributed by atoms with Crippen molar-refractivity contribution in [3.8, 4) is 0 Å². The van der Waals surface area contributed by atoms with Gasteiger partial charge in [-0.1, -0.05) is 46.8 Å². The number of nitrogens with zero attached hydrogens (tertiary/aromatic N) is 1. The van der Waals surface area contributed by atoms with Crippen LogP contribution in [0.25, 0.3) is 0 Å². The Bertz CT molecular complexity index is 509. The van der Waals surface area contributed by atoms with Crippen LogP contribution in [-0.4, -0.2) is 11.0 Å². The summed E-state index contributed by atoms with van der Waals surface area (Å²) in [5, 5.41) is 14.6. The zero-order valence-corrected chi connectivity index (χ0v) is 12.9. The SMILES string of the molecule is CCC(NC1C(C)(C)C1(C)C)c1cccc([N+](=O)[O-])c1. The van der Waals surface area contributed by atoms with Crippen LogP contribution in [0, 0.1) is 20.9 Å². The van der Waals surface area contributed by atoms with Gasteiger partial charge in [0.05, 0.1) is 4.92 Å². The lowest BCUT2D eigenvalue weighted by Gasteiger charge is -2.19. The summed E-state index contributed by atoms with van der Waals surface area (Å²) in [4.78, 5) is 10.6. The highest BCUT2D eigenvalue weighted by Gasteiger charge is 2.64. The van der Waals surface area contributed by atoms with Crippen LogP contribution in [0.15, 0.2) is 24.3 Å². The molecule has 4 heteroatoms. The number of non-ortho nitro benzene ring substituents is 1. The first-order valence-electron chi connectivity index (χ1n) is 7.22. The van der Waals surface area contributed by atoms with E-state index in [-0.39, 0.29) is 27.5 Å². The van der Waals surface area contributed by atoms with Gasteiger partial charge in [0.15, 0.2) is 0 Å². The maximum absolute atomic E-state index is 10.9. The summed E-state index contributed by atoms with van der Waals surface area (Å²) in [5.41, 5.74) is 1.69. The lowest BCUT2D eigenvalue weighted by atomic mass is 10.0. The van der Waals surface area contributed by atoms with E-state index in [1.54, 1.807) is 18.2 Å². The van der Waals surface area contributed by atoms with Crippen molar-refractivity contribution in [2.75, 3.05) is 0 Å². The van der Waals surface area contributed by atoms with Gasteiger partial charge in [-0.3, -0.25) is 10.1 Å². The zero-order valence-electron chi connectivity index (χ0n) is 12.9. The Balaban J connectivity index is 2.18. The first-order chi connectivity index (χ1) is 9.21. The highest BCUT2D eigenvalue weighted by Crippen LogP contribution is 2.63. The van der Waals surface area contributed by atoms with E-state index in [2.05, 4.69) is 39.9 Å². The molecule has 0 spiro atoms. The molecule has 1 fully saturated rings. The van der Waals surface area contributed by atoms with E-state index < -0.39 is 0 Å². The van der Waals surface area contributed by atoms with Crippen LogP contribution in [0.3, 0.4) is 0 Å². The summed E-state index contributed by atoms with van der Waals surface area (Å²) in [6, 6.07) is 7.57. The first-order valence-corrected chi connectivity index (χ1v) is 7.22. The van der Waals surface area contributed by atoms with Crippen molar-refractivity contribution in [2.45, 2.75) is 53.1 Å². The van der Waals surface area contributed by atoms with E-state index in [0.717, 1.165) is 12.0 Å². The quantitative estimate of drug-likeness (QED) is 0.651. The summed E-state index contributed by atoms with van der Waals surface area (Å²) >= 11 is 0. The molecule has 0 saturated heterocycles. The number of hydrogen-bond acceptors (Lipinski definition) is 3. The van der Waals surface area contributed by atoms with Crippen molar-refractivity contribution < 1.29 is 4.92 Å². The number of rotatable bonds is 5. The highest BCUT2D eigenvalue weighted by molar-refractivity contribution is 5.36. The van der Waals surface area contributed by atoms with E-state index >= 15 is 0 Å². The average Bonchev–Trinajstić information content (AvgIpc) is 2.77. The Kier molecular flexibility index (Phi) is 3.63. The second-order valence-electron chi connectivity index (χ2n) is 6.86. The normalized spacial score (nSPS) is 21.4. The van der Waals surface area contributed by atoms with Gasteiger partial charge in [0, 0.05) is 24.2 Å². The van der Waals surface area contributed by atoms with E-state index in [0.29, 0.717) is 6.04 Å². The number of nitro benzene ring substituents is 1. The predicted octanol–water partition coefficient (Wildman–Crippen LogP) is 4.07. The second kappa shape index (κ2) is 4.85. The molecule has 1 aliphatic carbocycles. The van der Waals surface area contributed by atoms with Crippen LogP contribution in [-0.2, 0) is 0 Å². The van der Waals surface area contributed by atoms with Gasteiger partial charge in [0.25, 0.3) is 5.69 Å². The van der Waals surface area contributed by atoms with Gasteiger partial charge in [-0.25, -0.2) is 0 Å². The smallest absolute Gasteiger partial charge is 0.269 e. The van der Waals surface area contributed by atoms with Crippen molar-refractivity contribution >= 4 is 5.69 Å². The summed E-state index contributed by atoms with van der Waals surface area (Å²) in [6.45, 7) is 11.2. The Morgan fingerprint density at radius 3 is 2.35 bits per heavy atom. The molecule has 110 valence electrons. The van der Waals surface area contributed by atoms with E-state index in [9.17, 15) is 10.1 Å². The summed E-state index contributed by atoms with van der Waals surface area (Å²) in [5.74, 6) is 0. The van der Waals surface area contributed by atoms with Crippen LogP contribution in [0.1, 0.15) is 52.6 Å². The molecule has 0 bridgehead atoms. The van der Waals surface area contributed by atoms with Crippen LogP contribution in [0.5, 0.6) is 0 Å². The molecule has 1 N–H and O–H groups in total. The Hall–Kier alpha value is -1.42. The fraction of sp³-hybridized carbons (Fsp3) is 0.625. The van der Waals surface area contributed by atoms with Gasteiger partial charge >= 0.3 is 0 Å². The topological polar surface area (TPSA) is 55.2 Å². The third-order valence-electron chi connectivity index (χ3n) is 5.28. The van der Waals surface area contributed by atoms with Crippen molar-refractivity contribution in [1.29, 1.82) is 0 Å². The van der Waals surface area contributed by atoms with Gasteiger partial charge in [0.2, 0.25) is 0 Å². The molecule has 1 aromatic rings. The average molecular weight is 276 g/mol. The van der Waals surface area contributed by atoms with Crippen LogP contribution >= 0.6 is 0 Å². The lowest BCUT2D eigenvalue weighted by molar-refractivity contribution is -0.384. The largest absolute Gasteiger partial charge is 0.306 e. The second-order valence-corrected chi connectivity index (χ2v) is 6.86. The Morgan fingerprint density at radius 2 is 1.90 bits per heavy atom. The lowest BCUT2D eigenvalue weighted by Crippen LogP contribution is -2.27. The molecule has 1 atom stereocenters. The molecule has 0 heterocycles. The third kappa shape index (κ3) is 2.33. The highest BCUT2D eigenvalue weighted by atomic mass is 16.6. The molecule has 0 aromatic heterocycles. The molecular weight excluding hydrogens is 252 g/mol. The molecule has 4 nitrogen and oxygen atoms in total. The van der Waals surface area contributed by atoms with Crippen LogP contribution < -0.4 is 5.32 Å². The monoisotopic (exact) mass is 276 g/mol. The minimum atomic E-state index is -0.332. The summed E-state index contributed by atoms with van der Waals surface area (Å²) in [7, 11) is 0. The third-order valence-corrected chi connectivity index (χ3v) is 5.28. The van der Waals surface area contributed by atoms with Gasteiger partial charge in [0.1, 0.15) is 0 Å². The van der Waals surface area contributed by atoms with Crippen molar-refractivity contribution in [3.63, 3.8) is 0 Å². The fourth-order valence-corrected chi connectivity index (χ4v) is 3.12. The van der Waals surface area contributed by atoms with Crippen LogP contribution in [0.2, 0.25) is 0 Å². The van der Waals surface area contributed by atoms with E-state index in [1.807, 2.05) is 6.07 Å². The maximum atomic E-state index is 10.9. The van der Waals surface area contributed by atoms with Gasteiger partial charge in [-0.05, 0) is 22.8 Å². The molecule has 1 aromatic carbocycles. The van der Waals surface area contributed by atoms with Gasteiger partial charge in [-0.15, -0.1) is 0 Å². The minimum absolute atomic E-state index is 0.164. The number of nitro groups is 1. The number of nitrogens with one attached hydrogen (secondary N) is 1. The molecule has 2 rings (SSSR count). The van der Waals surface area contributed by atoms with Crippen molar-refractivity contribution in [3.05, 3.63) is 39.9 Å². The molecule has 0 amide bonds. The summed E-state index contributed by atoms with van der Waals surface area (Å²) < 4.78 is 0. The molecule has 1 aliphatic rings. The zero-order chi connectivity index (χ0) is 15.1. The number of hydrogen-bond donors (Lipinski definition) is 1. The van der Waals surface area contributed by atoms with Crippen molar-refractivity contribution in [2.24, 2.45) is 10.8 Å². The number of benzene rings is 1. The van der Waals surface area contributed by atoms with Gasteiger partial charge in [-0.2, -0.15) is 0 Å². The minimum Gasteiger partial charge on any atom is -0.306 e. The van der Waals surface area contributed by atoms with Gasteiger partial charge < -0.3 is 5.32 Å². The molecule has 20 heavy (non-hydrogen) atoms. The standard InChI is InChI=1S/C16H24N2O2/c1-6-13(17-14-15(2,3)16(14,4)5)11-8-7-9-12(10-11)18(19)20/h7-10,13-14,17H,6H2,1-5H3. The molecule has 1 unspecified atom stereocenters. The Morgan fingerprint density at radius 1 is 1.30 bits per heavy atom. The fourth-order valence-electron chi connectivity index (χ4n) is 3.12. The molecular formula is C16H24N2O2. The van der Waals surface area contributed by atoms with Crippen LogP contribution in [0.4, 0.5) is 5.69 Å². The first kappa shape index (κ1) is 15.0.